The topological polar surface area (TPSA) is 37.4 Å². The molecule has 0 atom stereocenters. The van der Waals surface area contributed by atoms with Crippen LogP contribution in [0.5, 0.6) is 0 Å². The van der Waals surface area contributed by atoms with E-state index >= 15 is 0 Å². The van der Waals surface area contributed by atoms with E-state index in [1.165, 1.54) is 0 Å². The van der Waals surface area contributed by atoms with E-state index in [-0.39, 0.29) is 6.04 Å². The molecule has 0 bridgehead atoms. The molecule has 1 aliphatic rings. The Bertz CT molecular complexity index is 609. The summed E-state index contributed by atoms with van der Waals surface area (Å²) in [6.07, 6.45) is 3.87. The number of sulfonamides is 1. The van der Waals surface area contributed by atoms with E-state index in [4.69, 9.17) is 11.6 Å². The molecule has 118 valence electrons. The van der Waals surface area contributed by atoms with Gasteiger partial charge in [0.05, 0.1) is 4.90 Å². The Balaban J connectivity index is 2.44. The fourth-order valence-electron chi connectivity index (χ4n) is 2.55. The molecule has 2 rings (SSSR count). The van der Waals surface area contributed by atoms with Gasteiger partial charge >= 0.3 is 0 Å². The number of unbranched alkanes of at least 4 members (excludes halogenated alkanes) is 1. The molecule has 1 saturated carbocycles. The molecular formula is C16H24ClNO2S. The zero-order chi connectivity index (χ0) is 15.6. The first-order chi connectivity index (χ1) is 9.91. The lowest BCUT2D eigenvalue weighted by molar-refractivity contribution is 0.395. The highest BCUT2D eigenvalue weighted by molar-refractivity contribution is 7.89. The number of rotatable bonds is 7. The summed E-state index contributed by atoms with van der Waals surface area (Å²) in [5.41, 5.74) is 2.69. The smallest absolute Gasteiger partial charge is 0.207 e. The molecule has 0 spiro atoms. The minimum atomic E-state index is -3.42. The van der Waals surface area contributed by atoms with Crippen LogP contribution >= 0.6 is 11.6 Å². The van der Waals surface area contributed by atoms with E-state index in [9.17, 15) is 8.42 Å². The van der Waals surface area contributed by atoms with Crippen LogP contribution < -0.4 is 0 Å². The van der Waals surface area contributed by atoms with Crippen molar-refractivity contribution in [2.75, 3.05) is 6.54 Å². The van der Waals surface area contributed by atoms with Gasteiger partial charge in [-0.25, -0.2) is 8.42 Å². The molecule has 21 heavy (non-hydrogen) atoms. The lowest BCUT2D eigenvalue weighted by Crippen LogP contribution is -2.34. The number of alkyl halides is 1. The highest BCUT2D eigenvalue weighted by Gasteiger charge is 2.38. The van der Waals surface area contributed by atoms with Gasteiger partial charge in [0.15, 0.2) is 0 Å². The first-order valence-electron chi connectivity index (χ1n) is 7.59. The van der Waals surface area contributed by atoms with Gasteiger partial charge in [-0.15, -0.1) is 11.6 Å². The van der Waals surface area contributed by atoms with Gasteiger partial charge in [-0.1, -0.05) is 19.4 Å². The van der Waals surface area contributed by atoms with E-state index in [0.29, 0.717) is 17.3 Å². The molecule has 1 aliphatic carbocycles. The molecule has 1 aromatic carbocycles. The summed E-state index contributed by atoms with van der Waals surface area (Å²) >= 11 is 5.90. The standard InChI is InChI=1S/C16H24ClNO2S/c1-4-5-8-18(15-6-7-15)21(19,20)16-10-14(11-17)9-12(2)13(16)3/h9-10,15H,4-8,11H2,1-3H3. The Labute approximate surface area is 133 Å². The molecule has 1 fully saturated rings. The van der Waals surface area contributed by atoms with Crippen molar-refractivity contribution in [3.63, 3.8) is 0 Å². The van der Waals surface area contributed by atoms with Gasteiger partial charge in [0.25, 0.3) is 0 Å². The normalized spacial score (nSPS) is 15.7. The van der Waals surface area contributed by atoms with E-state index in [0.717, 1.165) is 42.4 Å². The fourth-order valence-corrected chi connectivity index (χ4v) is 4.77. The largest absolute Gasteiger partial charge is 0.243 e. The second-order valence-electron chi connectivity index (χ2n) is 5.87. The van der Waals surface area contributed by atoms with E-state index in [1.54, 1.807) is 10.4 Å². The van der Waals surface area contributed by atoms with Crippen LogP contribution in [0.25, 0.3) is 0 Å². The number of nitrogens with zero attached hydrogens (tertiary/aromatic N) is 1. The van der Waals surface area contributed by atoms with Crippen molar-refractivity contribution in [3.8, 4) is 0 Å². The molecule has 0 N–H and O–H groups in total. The van der Waals surface area contributed by atoms with Crippen molar-refractivity contribution < 1.29 is 8.42 Å². The summed E-state index contributed by atoms with van der Waals surface area (Å²) in [7, 11) is -3.42. The molecular weight excluding hydrogens is 306 g/mol. The van der Waals surface area contributed by atoms with Crippen LogP contribution in [0, 0.1) is 13.8 Å². The van der Waals surface area contributed by atoms with Gasteiger partial charge in [0.2, 0.25) is 10.0 Å². The maximum atomic E-state index is 13.0. The van der Waals surface area contributed by atoms with Gasteiger partial charge in [-0.05, 0) is 55.9 Å². The predicted molar refractivity (Wildman–Crippen MR) is 87.3 cm³/mol. The molecule has 0 aromatic heterocycles. The fraction of sp³-hybridized carbons (Fsp3) is 0.625. The van der Waals surface area contributed by atoms with Crippen molar-refractivity contribution in [3.05, 3.63) is 28.8 Å². The summed E-state index contributed by atoms with van der Waals surface area (Å²) in [5, 5.41) is 0. The SMILES string of the molecule is CCCCN(C1CC1)S(=O)(=O)c1cc(CCl)cc(C)c1C. The van der Waals surface area contributed by atoms with Crippen LogP contribution in [0.2, 0.25) is 0 Å². The van der Waals surface area contributed by atoms with Crippen LogP contribution in [0.1, 0.15) is 49.3 Å². The number of aryl methyl sites for hydroxylation is 1. The van der Waals surface area contributed by atoms with Gasteiger partial charge in [0.1, 0.15) is 0 Å². The van der Waals surface area contributed by atoms with Gasteiger partial charge in [0, 0.05) is 18.5 Å². The monoisotopic (exact) mass is 329 g/mol. The van der Waals surface area contributed by atoms with Crippen LogP contribution in [-0.4, -0.2) is 25.3 Å². The third kappa shape index (κ3) is 3.61. The highest BCUT2D eigenvalue weighted by atomic mass is 35.5. The second-order valence-corrected chi connectivity index (χ2v) is 8.00. The van der Waals surface area contributed by atoms with Crippen LogP contribution in [0.15, 0.2) is 17.0 Å². The molecule has 0 heterocycles. The Hall–Kier alpha value is -0.580. The van der Waals surface area contributed by atoms with E-state index < -0.39 is 10.0 Å². The number of halogens is 1. The molecule has 0 unspecified atom stereocenters. The number of hydrogen-bond donors (Lipinski definition) is 0. The zero-order valence-electron chi connectivity index (χ0n) is 13.0. The number of benzene rings is 1. The average molecular weight is 330 g/mol. The molecule has 0 aliphatic heterocycles. The van der Waals surface area contributed by atoms with Crippen LogP contribution in [0.4, 0.5) is 0 Å². The highest BCUT2D eigenvalue weighted by Crippen LogP contribution is 2.34. The third-order valence-electron chi connectivity index (χ3n) is 4.11. The lowest BCUT2D eigenvalue weighted by atomic mass is 10.1. The van der Waals surface area contributed by atoms with Gasteiger partial charge in [-0.3, -0.25) is 0 Å². The van der Waals surface area contributed by atoms with Crippen LogP contribution in [0.3, 0.4) is 0 Å². The molecule has 0 amide bonds. The minimum absolute atomic E-state index is 0.195. The molecule has 1 aromatic rings. The van der Waals surface area contributed by atoms with E-state index in [2.05, 4.69) is 6.92 Å². The van der Waals surface area contributed by atoms with E-state index in [1.807, 2.05) is 19.9 Å². The van der Waals surface area contributed by atoms with Crippen molar-refractivity contribution in [1.82, 2.24) is 4.31 Å². The Morgan fingerprint density at radius 1 is 1.29 bits per heavy atom. The summed E-state index contributed by atoms with van der Waals surface area (Å²) in [5.74, 6) is 0.335. The summed E-state index contributed by atoms with van der Waals surface area (Å²) in [4.78, 5) is 0.432. The average Bonchev–Trinajstić information content (AvgIpc) is 3.26. The Morgan fingerprint density at radius 3 is 2.48 bits per heavy atom. The quantitative estimate of drug-likeness (QED) is 0.709. The van der Waals surface area contributed by atoms with Gasteiger partial charge in [-0.2, -0.15) is 4.31 Å². The molecule has 0 radical (unpaired) electrons. The Kier molecular flexibility index (Phi) is 5.33. The molecule has 3 nitrogen and oxygen atoms in total. The predicted octanol–water partition coefficient (Wildman–Crippen LogP) is 4.00. The van der Waals surface area contributed by atoms with Crippen molar-refractivity contribution in [1.29, 1.82) is 0 Å². The summed E-state index contributed by atoms with van der Waals surface area (Å²) in [6, 6.07) is 3.90. The maximum Gasteiger partial charge on any atom is 0.243 e. The van der Waals surface area contributed by atoms with Gasteiger partial charge < -0.3 is 0 Å². The van der Waals surface area contributed by atoms with Crippen LogP contribution in [-0.2, 0) is 15.9 Å². The maximum absolute atomic E-state index is 13.0. The third-order valence-corrected chi connectivity index (χ3v) is 6.49. The second kappa shape index (κ2) is 6.67. The zero-order valence-corrected chi connectivity index (χ0v) is 14.6. The summed E-state index contributed by atoms with van der Waals surface area (Å²) in [6.45, 7) is 6.53. The lowest BCUT2D eigenvalue weighted by Gasteiger charge is -2.23. The first kappa shape index (κ1) is 16.8. The van der Waals surface area contributed by atoms with Crippen molar-refractivity contribution >= 4 is 21.6 Å². The summed E-state index contributed by atoms with van der Waals surface area (Å²) < 4.78 is 27.8. The number of hydrogen-bond acceptors (Lipinski definition) is 2. The minimum Gasteiger partial charge on any atom is -0.207 e. The van der Waals surface area contributed by atoms with Crippen molar-refractivity contribution in [2.24, 2.45) is 0 Å². The van der Waals surface area contributed by atoms with Crippen molar-refractivity contribution in [2.45, 2.75) is 63.3 Å². The molecule has 0 saturated heterocycles. The first-order valence-corrected chi connectivity index (χ1v) is 9.57. The Morgan fingerprint density at radius 2 is 1.95 bits per heavy atom. The molecule has 5 heteroatoms.